The number of nitrogens with zero attached hydrogens (tertiary/aromatic N) is 2. The van der Waals surface area contributed by atoms with Crippen LogP contribution in [0.5, 0.6) is 0 Å². The molecule has 6 nitrogen and oxygen atoms in total. The fourth-order valence-corrected chi connectivity index (χ4v) is 2.01. The number of carbonyl (C=O) groups excluding carboxylic acids is 2. The Balaban J connectivity index is 2.60. The molecule has 2 atom stereocenters. The molecular formula is C11H21N3O3. The third kappa shape index (κ3) is 3.33. The minimum Gasteiger partial charge on any atom is -0.394 e. The Morgan fingerprint density at radius 2 is 2.24 bits per heavy atom. The van der Waals surface area contributed by atoms with Gasteiger partial charge in [0.05, 0.1) is 18.6 Å². The summed E-state index contributed by atoms with van der Waals surface area (Å²) in [5.74, 6) is -0.229. The van der Waals surface area contributed by atoms with Crippen LogP contribution in [-0.2, 0) is 4.79 Å². The highest BCUT2D eigenvalue weighted by Crippen LogP contribution is 2.19. The van der Waals surface area contributed by atoms with Gasteiger partial charge in [0.25, 0.3) is 0 Å². The number of urea groups is 1. The fourth-order valence-electron chi connectivity index (χ4n) is 2.01. The van der Waals surface area contributed by atoms with Crippen molar-refractivity contribution in [3.63, 3.8) is 0 Å². The molecular weight excluding hydrogens is 222 g/mol. The van der Waals surface area contributed by atoms with Crippen LogP contribution in [0, 0.1) is 5.92 Å². The predicted octanol–water partition coefficient (Wildman–Crippen LogP) is -0.384. The third-order valence-corrected chi connectivity index (χ3v) is 3.36. The summed E-state index contributed by atoms with van der Waals surface area (Å²) in [5, 5.41) is 9.01. The smallest absolute Gasteiger partial charge is 0.314 e. The van der Waals surface area contributed by atoms with Gasteiger partial charge in [-0.05, 0) is 19.8 Å². The number of amides is 3. The molecule has 1 aliphatic rings. The van der Waals surface area contributed by atoms with Crippen molar-refractivity contribution < 1.29 is 14.7 Å². The Labute approximate surface area is 101 Å². The van der Waals surface area contributed by atoms with Crippen LogP contribution in [0.3, 0.4) is 0 Å². The summed E-state index contributed by atoms with van der Waals surface area (Å²) in [6, 6.07) is -0.674. The first-order chi connectivity index (χ1) is 7.97. The highest BCUT2D eigenvalue weighted by Gasteiger charge is 2.30. The van der Waals surface area contributed by atoms with Gasteiger partial charge in [-0.1, -0.05) is 0 Å². The second-order valence-electron chi connectivity index (χ2n) is 4.60. The van der Waals surface area contributed by atoms with E-state index in [2.05, 4.69) is 0 Å². The Morgan fingerprint density at radius 3 is 2.76 bits per heavy atom. The maximum absolute atomic E-state index is 12.1. The fraction of sp³-hybridized carbons (Fsp3) is 0.818. The van der Waals surface area contributed by atoms with Crippen molar-refractivity contribution in [2.24, 2.45) is 11.7 Å². The van der Waals surface area contributed by atoms with Crippen molar-refractivity contribution in [2.75, 3.05) is 26.7 Å². The number of hydrogen-bond donors (Lipinski definition) is 2. The molecule has 0 bridgehead atoms. The monoisotopic (exact) mass is 243 g/mol. The van der Waals surface area contributed by atoms with E-state index in [-0.39, 0.29) is 24.5 Å². The molecule has 0 aromatic heterocycles. The molecule has 0 aromatic rings. The summed E-state index contributed by atoms with van der Waals surface area (Å²) >= 11 is 0. The zero-order valence-corrected chi connectivity index (χ0v) is 10.4. The number of aliphatic hydroxyl groups excluding tert-OH is 1. The van der Waals surface area contributed by atoms with Gasteiger partial charge in [0.2, 0.25) is 5.91 Å². The van der Waals surface area contributed by atoms with Crippen molar-refractivity contribution in [1.82, 2.24) is 9.80 Å². The third-order valence-electron chi connectivity index (χ3n) is 3.36. The molecule has 1 aliphatic heterocycles. The summed E-state index contributed by atoms with van der Waals surface area (Å²) in [6.45, 7) is 2.73. The van der Waals surface area contributed by atoms with Gasteiger partial charge in [-0.3, -0.25) is 4.79 Å². The van der Waals surface area contributed by atoms with Crippen molar-refractivity contribution in [3.8, 4) is 0 Å². The molecule has 1 heterocycles. The quantitative estimate of drug-likeness (QED) is 0.708. The van der Waals surface area contributed by atoms with E-state index in [1.807, 2.05) is 0 Å². The van der Waals surface area contributed by atoms with Crippen LogP contribution in [0.2, 0.25) is 0 Å². The Kier molecular flexibility index (Phi) is 4.74. The van der Waals surface area contributed by atoms with Crippen LogP contribution in [-0.4, -0.2) is 59.6 Å². The molecule has 0 aliphatic carbocycles. The molecule has 1 saturated heterocycles. The first kappa shape index (κ1) is 13.8. The Morgan fingerprint density at radius 1 is 1.59 bits per heavy atom. The second kappa shape index (κ2) is 5.86. The lowest BCUT2D eigenvalue weighted by atomic mass is 9.96. The van der Waals surface area contributed by atoms with Crippen LogP contribution >= 0.6 is 0 Å². The number of likely N-dealkylation sites (N-methyl/N-ethyl adjacent to an activating group) is 1. The highest BCUT2D eigenvalue weighted by atomic mass is 16.3. The Bertz CT molecular complexity index is 296. The lowest BCUT2D eigenvalue weighted by Crippen LogP contribution is -2.49. The van der Waals surface area contributed by atoms with E-state index in [9.17, 15) is 9.59 Å². The van der Waals surface area contributed by atoms with Crippen LogP contribution in [0.25, 0.3) is 0 Å². The van der Waals surface area contributed by atoms with Gasteiger partial charge in [0, 0.05) is 20.1 Å². The summed E-state index contributed by atoms with van der Waals surface area (Å²) in [6.07, 6.45) is 1.56. The lowest BCUT2D eigenvalue weighted by molar-refractivity contribution is -0.138. The molecule has 17 heavy (non-hydrogen) atoms. The van der Waals surface area contributed by atoms with Gasteiger partial charge in [0.15, 0.2) is 0 Å². The average molecular weight is 243 g/mol. The summed E-state index contributed by atoms with van der Waals surface area (Å²) in [4.78, 5) is 26.2. The minimum absolute atomic E-state index is 0.0301. The molecule has 6 heteroatoms. The molecule has 3 amide bonds. The summed E-state index contributed by atoms with van der Waals surface area (Å²) in [5.41, 5.74) is 5.21. The zero-order chi connectivity index (χ0) is 13.0. The van der Waals surface area contributed by atoms with Crippen LogP contribution < -0.4 is 5.73 Å². The number of rotatable bonds is 3. The molecule has 3 N–H and O–H groups in total. The van der Waals surface area contributed by atoms with Crippen molar-refractivity contribution >= 4 is 11.9 Å². The molecule has 0 spiro atoms. The number of nitrogens with two attached hydrogens (primary N) is 1. The number of piperidine rings is 1. The molecule has 1 fully saturated rings. The van der Waals surface area contributed by atoms with Gasteiger partial charge in [-0.15, -0.1) is 0 Å². The van der Waals surface area contributed by atoms with Crippen LogP contribution in [0.4, 0.5) is 4.79 Å². The van der Waals surface area contributed by atoms with E-state index >= 15 is 0 Å². The van der Waals surface area contributed by atoms with E-state index in [4.69, 9.17) is 10.8 Å². The van der Waals surface area contributed by atoms with Crippen LogP contribution in [0.1, 0.15) is 19.8 Å². The zero-order valence-electron chi connectivity index (χ0n) is 10.4. The van der Waals surface area contributed by atoms with Crippen molar-refractivity contribution in [2.45, 2.75) is 25.8 Å². The molecule has 0 radical (unpaired) electrons. The van der Waals surface area contributed by atoms with E-state index < -0.39 is 6.03 Å². The first-order valence-electron chi connectivity index (χ1n) is 5.89. The summed E-state index contributed by atoms with van der Waals surface area (Å²) < 4.78 is 0. The maximum atomic E-state index is 12.1. The number of aliphatic hydroxyl groups is 1. The SMILES string of the molecule is CC(CO)N(C)C(=O)C1CCCN(C(N)=O)C1. The van der Waals surface area contributed by atoms with E-state index in [0.717, 1.165) is 12.8 Å². The average Bonchev–Trinajstić information content (AvgIpc) is 2.36. The van der Waals surface area contributed by atoms with Crippen molar-refractivity contribution in [1.29, 1.82) is 0 Å². The van der Waals surface area contributed by atoms with Gasteiger partial charge in [0.1, 0.15) is 0 Å². The lowest BCUT2D eigenvalue weighted by Gasteiger charge is -2.34. The minimum atomic E-state index is -0.472. The first-order valence-corrected chi connectivity index (χ1v) is 5.89. The van der Waals surface area contributed by atoms with Crippen LogP contribution in [0.15, 0.2) is 0 Å². The number of likely N-dealkylation sites (tertiary alicyclic amines) is 1. The topological polar surface area (TPSA) is 86.9 Å². The van der Waals surface area contributed by atoms with E-state index in [1.54, 1.807) is 14.0 Å². The van der Waals surface area contributed by atoms with Gasteiger partial charge < -0.3 is 20.6 Å². The molecule has 0 saturated carbocycles. The number of primary amides is 1. The van der Waals surface area contributed by atoms with E-state index in [0.29, 0.717) is 13.1 Å². The van der Waals surface area contributed by atoms with Gasteiger partial charge >= 0.3 is 6.03 Å². The molecule has 2 unspecified atom stereocenters. The number of carbonyl (C=O) groups is 2. The standard InChI is InChI=1S/C11H21N3O3/c1-8(7-15)13(2)10(16)9-4-3-5-14(6-9)11(12)17/h8-9,15H,3-7H2,1-2H3,(H2,12,17). The maximum Gasteiger partial charge on any atom is 0.314 e. The molecule has 1 rings (SSSR count). The predicted molar refractivity (Wildman–Crippen MR) is 63.2 cm³/mol. The Hall–Kier alpha value is -1.30. The van der Waals surface area contributed by atoms with E-state index in [1.165, 1.54) is 9.80 Å². The summed E-state index contributed by atoms with van der Waals surface area (Å²) in [7, 11) is 1.67. The van der Waals surface area contributed by atoms with Gasteiger partial charge in [-0.25, -0.2) is 4.79 Å². The number of hydrogen-bond acceptors (Lipinski definition) is 3. The molecule has 98 valence electrons. The normalized spacial score (nSPS) is 22.1. The molecule has 0 aromatic carbocycles. The largest absolute Gasteiger partial charge is 0.394 e. The highest BCUT2D eigenvalue weighted by molar-refractivity contribution is 5.80. The van der Waals surface area contributed by atoms with Gasteiger partial charge in [-0.2, -0.15) is 0 Å². The van der Waals surface area contributed by atoms with Crippen molar-refractivity contribution in [3.05, 3.63) is 0 Å². The second-order valence-corrected chi connectivity index (χ2v) is 4.60.